The first kappa shape index (κ1) is 16.8. The summed E-state index contributed by atoms with van der Waals surface area (Å²) in [4.78, 5) is 22.4. The zero-order chi connectivity index (χ0) is 16.0. The summed E-state index contributed by atoms with van der Waals surface area (Å²) in [6.45, 7) is 6.48. The van der Waals surface area contributed by atoms with Crippen LogP contribution >= 0.6 is 0 Å². The average molecular weight is 292 g/mol. The second-order valence-corrected chi connectivity index (χ2v) is 5.07. The number of ketones is 1. The third-order valence-electron chi connectivity index (χ3n) is 2.71. The Morgan fingerprint density at radius 3 is 2.52 bits per heavy atom. The second-order valence-electron chi connectivity index (χ2n) is 5.07. The van der Waals surface area contributed by atoms with Crippen LogP contribution in [0.1, 0.15) is 25.0 Å². The highest BCUT2D eigenvalue weighted by atomic mass is 16.5. The zero-order valence-electron chi connectivity index (χ0n) is 12.7. The molecule has 0 aliphatic rings. The normalized spacial score (nSPS) is 11.4. The van der Waals surface area contributed by atoms with E-state index in [0.717, 1.165) is 18.7 Å². The number of carbonyl (C=O) groups is 2. The van der Waals surface area contributed by atoms with E-state index in [2.05, 4.69) is 4.74 Å². The summed E-state index contributed by atoms with van der Waals surface area (Å²) in [6, 6.07) is 5.11. The molecule has 0 fully saturated rings. The third-order valence-corrected chi connectivity index (χ3v) is 2.71. The molecule has 114 valence electrons. The maximum absolute atomic E-state index is 11.4. The quantitative estimate of drug-likeness (QED) is 0.378. The molecule has 1 aromatic rings. The number of esters is 1. The molecule has 0 saturated heterocycles. The first-order valence-electron chi connectivity index (χ1n) is 6.62. The minimum Gasteiger partial charge on any atom is -0.507 e. The van der Waals surface area contributed by atoms with E-state index >= 15 is 0 Å². The van der Waals surface area contributed by atoms with Gasteiger partial charge in [0.1, 0.15) is 11.5 Å². The van der Waals surface area contributed by atoms with Crippen LogP contribution in [-0.4, -0.2) is 30.6 Å². The van der Waals surface area contributed by atoms with E-state index in [1.807, 2.05) is 13.8 Å². The average Bonchev–Trinajstić information content (AvgIpc) is 2.43. The molecule has 21 heavy (non-hydrogen) atoms. The van der Waals surface area contributed by atoms with Crippen LogP contribution in [0.15, 0.2) is 24.3 Å². The Labute approximate surface area is 124 Å². The molecule has 0 saturated carbocycles. The molecule has 0 radical (unpaired) electrons. The van der Waals surface area contributed by atoms with Crippen molar-refractivity contribution in [3.8, 4) is 5.75 Å². The van der Waals surface area contributed by atoms with Gasteiger partial charge in [-0.25, -0.2) is 4.79 Å². The predicted molar refractivity (Wildman–Crippen MR) is 79.1 cm³/mol. The number of aliphatic hydroxyl groups is 1. The fourth-order valence-electron chi connectivity index (χ4n) is 1.64. The fraction of sp³-hybridized carbons (Fsp3) is 0.375. The number of benzene rings is 1. The molecule has 0 bridgehead atoms. The van der Waals surface area contributed by atoms with Crippen LogP contribution in [0.3, 0.4) is 0 Å². The number of hydrogen-bond acceptors (Lipinski definition) is 5. The number of hydrogen-bond donors (Lipinski definition) is 1. The van der Waals surface area contributed by atoms with Crippen molar-refractivity contribution in [2.45, 2.75) is 20.8 Å². The zero-order valence-corrected chi connectivity index (χ0v) is 12.7. The molecule has 0 atom stereocenters. The number of methoxy groups -OCH3 is 1. The van der Waals surface area contributed by atoms with Crippen LogP contribution in [0.4, 0.5) is 0 Å². The van der Waals surface area contributed by atoms with Gasteiger partial charge < -0.3 is 14.6 Å². The molecular weight excluding hydrogens is 272 g/mol. The monoisotopic (exact) mass is 292 g/mol. The molecule has 0 amide bonds. The Bertz CT molecular complexity index is 558. The van der Waals surface area contributed by atoms with Crippen molar-refractivity contribution in [1.29, 1.82) is 0 Å². The molecule has 1 N–H and O–H groups in total. The topological polar surface area (TPSA) is 72.8 Å². The van der Waals surface area contributed by atoms with Crippen molar-refractivity contribution >= 4 is 17.5 Å². The summed E-state index contributed by atoms with van der Waals surface area (Å²) in [7, 11) is 1.11. The molecule has 5 nitrogen and oxygen atoms in total. The molecular formula is C16H20O5. The van der Waals surface area contributed by atoms with Gasteiger partial charge in [0.2, 0.25) is 0 Å². The summed E-state index contributed by atoms with van der Waals surface area (Å²) in [5.74, 6) is -1.10. The molecule has 0 unspecified atom stereocenters. The van der Waals surface area contributed by atoms with Crippen molar-refractivity contribution in [2.24, 2.45) is 5.92 Å². The Balaban J connectivity index is 2.91. The lowest BCUT2D eigenvalue weighted by Crippen LogP contribution is -2.13. The summed E-state index contributed by atoms with van der Waals surface area (Å²) in [5, 5.41) is 9.92. The number of aryl methyl sites for hydroxylation is 1. The predicted octanol–water partition coefficient (Wildman–Crippen LogP) is 2.67. The third kappa shape index (κ3) is 4.95. The van der Waals surface area contributed by atoms with Crippen LogP contribution in [0.2, 0.25) is 0 Å². The molecule has 1 aromatic carbocycles. The Hall–Kier alpha value is -2.30. The number of rotatable bonds is 6. The summed E-state index contributed by atoms with van der Waals surface area (Å²) >= 11 is 0. The number of aliphatic hydroxyl groups excluding tert-OH is 1. The first-order chi connectivity index (χ1) is 9.85. The molecule has 0 aromatic heterocycles. The standard InChI is InChI=1S/C16H20O5/c1-10(2)9-21-12-5-6-13(11(3)7-12)14(17)8-15(18)16(19)20-4/h5-8,10,17H,9H2,1-4H3/b14-8-. The summed E-state index contributed by atoms with van der Waals surface area (Å²) in [6.07, 6.45) is 0.850. The van der Waals surface area contributed by atoms with Crippen molar-refractivity contribution in [3.05, 3.63) is 35.4 Å². The van der Waals surface area contributed by atoms with Crippen LogP contribution < -0.4 is 4.74 Å². The van der Waals surface area contributed by atoms with E-state index in [0.29, 0.717) is 23.8 Å². The van der Waals surface area contributed by atoms with E-state index in [1.165, 1.54) is 0 Å². The highest BCUT2D eigenvalue weighted by Crippen LogP contribution is 2.22. The van der Waals surface area contributed by atoms with E-state index in [-0.39, 0.29) is 5.76 Å². The van der Waals surface area contributed by atoms with Crippen molar-refractivity contribution in [2.75, 3.05) is 13.7 Å². The van der Waals surface area contributed by atoms with Gasteiger partial charge in [0.15, 0.2) is 0 Å². The molecule has 0 heterocycles. The van der Waals surface area contributed by atoms with Crippen LogP contribution in [-0.2, 0) is 14.3 Å². The van der Waals surface area contributed by atoms with Crippen molar-refractivity contribution < 1.29 is 24.2 Å². The van der Waals surface area contributed by atoms with Crippen molar-refractivity contribution in [1.82, 2.24) is 0 Å². The highest BCUT2D eigenvalue weighted by Gasteiger charge is 2.14. The Morgan fingerprint density at radius 2 is 2.00 bits per heavy atom. The van der Waals surface area contributed by atoms with Gasteiger partial charge in [-0.15, -0.1) is 0 Å². The van der Waals surface area contributed by atoms with E-state index in [1.54, 1.807) is 25.1 Å². The maximum Gasteiger partial charge on any atom is 0.378 e. The van der Waals surface area contributed by atoms with Gasteiger partial charge in [0, 0.05) is 11.6 Å². The molecule has 0 aliphatic carbocycles. The van der Waals surface area contributed by atoms with Crippen molar-refractivity contribution in [3.63, 3.8) is 0 Å². The summed E-state index contributed by atoms with van der Waals surface area (Å²) < 4.78 is 9.87. The Morgan fingerprint density at radius 1 is 1.33 bits per heavy atom. The summed E-state index contributed by atoms with van der Waals surface area (Å²) in [5.41, 5.74) is 1.20. The lowest BCUT2D eigenvalue weighted by molar-refractivity contribution is -0.149. The van der Waals surface area contributed by atoms with E-state index < -0.39 is 11.8 Å². The minimum atomic E-state index is -1.02. The lowest BCUT2D eigenvalue weighted by Gasteiger charge is -2.11. The number of ether oxygens (including phenoxy) is 2. The van der Waals surface area contributed by atoms with Gasteiger partial charge in [-0.05, 0) is 36.6 Å². The van der Waals surface area contributed by atoms with Crippen LogP contribution in [0, 0.1) is 12.8 Å². The molecule has 5 heteroatoms. The van der Waals surface area contributed by atoms with Gasteiger partial charge >= 0.3 is 5.97 Å². The largest absolute Gasteiger partial charge is 0.507 e. The molecule has 1 rings (SSSR count). The highest BCUT2D eigenvalue weighted by molar-refractivity contribution is 6.39. The second kappa shape index (κ2) is 7.47. The van der Waals surface area contributed by atoms with Crippen LogP contribution in [0.25, 0.3) is 5.76 Å². The van der Waals surface area contributed by atoms with Gasteiger partial charge in [0.25, 0.3) is 5.78 Å². The van der Waals surface area contributed by atoms with Gasteiger partial charge in [-0.3, -0.25) is 4.79 Å². The smallest absolute Gasteiger partial charge is 0.378 e. The maximum atomic E-state index is 11.4. The van der Waals surface area contributed by atoms with E-state index in [9.17, 15) is 14.7 Å². The SMILES string of the molecule is COC(=O)C(=O)/C=C(\O)c1ccc(OCC(C)C)cc1C. The van der Waals surface area contributed by atoms with E-state index in [4.69, 9.17) is 4.74 Å². The van der Waals surface area contributed by atoms with Gasteiger partial charge in [-0.1, -0.05) is 13.8 Å². The van der Waals surface area contributed by atoms with Gasteiger partial charge in [-0.2, -0.15) is 0 Å². The fourth-order valence-corrected chi connectivity index (χ4v) is 1.64. The molecule has 0 aliphatic heterocycles. The number of carbonyl (C=O) groups excluding carboxylic acids is 2. The Kier molecular flexibility index (Phi) is 5.96. The molecule has 0 spiro atoms. The van der Waals surface area contributed by atoms with Crippen LogP contribution in [0.5, 0.6) is 5.75 Å². The minimum absolute atomic E-state index is 0.279. The first-order valence-corrected chi connectivity index (χ1v) is 6.62. The lowest BCUT2D eigenvalue weighted by atomic mass is 10.1. The van der Waals surface area contributed by atoms with Gasteiger partial charge in [0.05, 0.1) is 13.7 Å².